The molecule has 3 rings (SSSR count). The summed E-state index contributed by atoms with van der Waals surface area (Å²) in [5.41, 5.74) is -0.140. The van der Waals surface area contributed by atoms with Crippen molar-refractivity contribution < 1.29 is 26.3 Å². The van der Waals surface area contributed by atoms with Crippen molar-refractivity contribution in [1.29, 1.82) is 0 Å². The zero-order valence-electron chi connectivity index (χ0n) is 9.38. The molecular formula is C13H3F6I. The molecule has 104 valence electrons. The van der Waals surface area contributed by atoms with Gasteiger partial charge in [0.2, 0.25) is 0 Å². The van der Waals surface area contributed by atoms with Gasteiger partial charge in [-0.3, -0.25) is 0 Å². The molecule has 0 fully saturated rings. The van der Waals surface area contributed by atoms with E-state index < -0.39 is 64.4 Å². The summed E-state index contributed by atoms with van der Waals surface area (Å²) in [6, 6.07) is 1.79. The molecule has 0 radical (unpaired) electrons. The first-order chi connectivity index (χ1) is 9.41. The van der Waals surface area contributed by atoms with E-state index in [-0.39, 0.29) is 11.1 Å². The van der Waals surface area contributed by atoms with Crippen LogP contribution in [0, 0.1) is 23.3 Å². The predicted molar refractivity (Wildman–Crippen MR) is 72.1 cm³/mol. The second-order valence-electron chi connectivity index (χ2n) is 4.03. The zero-order chi connectivity index (χ0) is 14.6. The summed E-state index contributed by atoms with van der Waals surface area (Å²) < 4.78 is 80.8. The number of halogens is 7. The van der Waals surface area contributed by atoms with E-state index in [0.717, 1.165) is 12.1 Å². The van der Waals surface area contributed by atoms with Crippen LogP contribution in [-0.4, -0.2) is 4.01 Å². The Labute approximate surface area is 118 Å². The summed E-state index contributed by atoms with van der Waals surface area (Å²) in [7, 11) is 0. The highest BCUT2D eigenvalue weighted by Crippen LogP contribution is 2.38. The van der Waals surface area contributed by atoms with E-state index in [2.05, 4.69) is 0 Å². The van der Waals surface area contributed by atoms with Crippen LogP contribution >= 0.6 is 20.7 Å². The molecule has 0 unspecified atom stereocenters. The first-order valence-electron chi connectivity index (χ1n) is 5.23. The van der Waals surface area contributed by atoms with E-state index in [0.29, 0.717) is 0 Å². The molecule has 0 atom stereocenters. The summed E-state index contributed by atoms with van der Waals surface area (Å²) >= 11 is -1.34. The van der Waals surface area contributed by atoms with E-state index in [4.69, 9.17) is 0 Å². The molecular weight excluding hydrogens is 397 g/mol. The molecule has 0 saturated carbocycles. The van der Waals surface area contributed by atoms with E-state index in [1.807, 2.05) is 0 Å². The van der Waals surface area contributed by atoms with Gasteiger partial charge in [-0.25, -0.2) is 22.0 Å². The van der Waals surface area contributed by atoms with Crippen molar-refractivity contribution in [2.24, 2.45) is 0 Å². The van der Waals surface area contributed by atoms with Gasteiger partial charge < -0.3 is 0 Å². The Morgan fingerprint density at radius 1 is 0.700 bits per heavy atom. The van der Waals surface area contributed by atoms with Gasteiger partial charge in [-0.2, -0.15) is 4.39 Å². The summed E-state index contributed by atoms with van der Waals surface area (Å²) in [6.07, 6.45) is 0. The fraction of sp³-hybridized carbons (Fsp3) is 0. The summed E-state index contributed by atoms with van der Waals surface area (Å²) in [6.45, 7) is 0. The third kappa shape index (κ3) is 1.79. The Balaban J connectivity index is 2.48. The number of hydrogen-bond donors (Lipinski definition) is 0. The minimum atomic E-state index is -1.98. The smallest absolute Gasteiger partial charge is 0.198 e. The van der Waals surface area contributed by atoms with E-state index >= 15 is 0 Å². The first-order valence-corrected chi connectivity index (χ1v) is 7.56. The highest BCUT2D eigenvalue weighted by Gasteiger charge is 2.24. The SMILES string of the molecule is FC1=C(F)c2cc3c(F)c(F)c(F)c(F)c3cc2C=I1. The lowest BCUT2D eigenvalue weighted by Gasteiger charge is -2.12. The highest BCUT2D eigenvalue weighted by molar-refractivity contribution is 14.2. The monoisotopic (exact) mass is 400 g/mol. The second-order valence-corrected chi connectivity index (χ2v) is 6.23. The van der Waals surface area contributed by atoms with Gasteiger partial charge in [-0.1, -0.05) is 0 Å². The Bertz CT molecular complexity index is 822. The van der Waals surface area contributed by atoms with Crippen molar-refractivity contribution in [3.63, 3.8) is 0 Å². The van der Waals surface area contributed by atoms with Crippen molar-refractivity contribution in [3.8, 4) is 0 Å². The fourth-order valence-corrected chi connectivity index (χ4v) is 3.63. The highest BCUT2D eigenvalue weighted by atomic mass is 127. The van der Waals surface area contributed by atoms with E-state index in [9.17, 15) is 26.3 Å². The van der Waals surface area contributed by atoms with Crippen molar-refractivity contribution in [3.05, 3.63) is 50.4 Å². The fourth-order valence-electron chi connectivity index (χ4n) is 1.95. The number of benzene rings is 2. The normalized spacial score (nSPS) is 14.5. The van der Waals surface area contributed by atoms with Gasteiger partial charge in [0.15, 0.2) is 32.9 Å². The Hall–Kier alpha value is -1.38. The number of fused-ring (bicyclic) bond motifs is 2. The van der Waals surface area contributed by atoms with Crippen molar-refractivity contribution >= 4 is 41.3 Å². The Kier molecular flexibility index (Phi) is 3.11. The van der Waals surface area contributed by atoms with Crippen LogP contribution < -0.4 is 0 Å². The summed E-state index contributed by atoms with van der Waals surface area (Å²) in [5.74, 6) is -8.25. The standard InChI is InChI=1S/C13H3F6I/c14-8-6-1-4-3-20-13(19)10(16)5(4)2-7(6)9(15)12(18)11(8)17/h1-3H. The lowest BCUT2D eigenvalue weighted by atomic mass is 10.00. The largest absolute Gasteiger partial charge is 0.203 e. The average Bonchev–Trinajstić information content (AvgIpc) is 2.45. The average molecular weight is 400 g/mol. The molecule has 0 bridgehead atoms. The van der Waals surface area contributed by atoms with Gasteiger partial charge in [-0.15, -0.1) is 0 Å². The van der Waals surface area contributed by atoms with E-state index in [1.165, 1.54) is 4.01 Å². The van der Waals surface area contributed by atoms with Crippen LogP contribution in [-0.2, 0) is 0 Å². The van der Waals surface area contributed by atoms with Crippen molar-refractivity contribution in [2.45, 2.75) is 0 Å². The second kappa shape index (κ2) is 4.57. The first kappa shape index (κ1) is 13.6. The molecule has 1 aliphatic heterocycles. The molecule has 0 nitrogen and oxygen atoms in total. The van der Waals surface area contributed by atoms with Gasteiger partial charge in [0.05, 0.1) is 0 Å². The molecule has 0 amide bonds. The molecule has 2 aromatic carbocycles. The van der Waals surface area contributed by atoms with Gasteiger partial charge in [-0.05, 0) is 42.4 Å². The number of hydrogen-bond acceptors (Lipinski definition) is 0. The summed E-state index contributed by atoms with van der Waals surface area (Å²) in [4.78, 5) is 0. The van der Waals surface area contributed by atoms with Crippen LogP contribution in [0.2, 0.25) is 0 Å². The Morgan fingerprint density at radius 3 is 1.85 bits per heavy atom. The molecule has 0 saturated heterocycles. The van der Waals surface area contributed by atoms with Gasteiger partial charge in [0.25, 0.3) is 0 Å². The maximum atomic E-state index is 13.6. The maximum Gasteiger partial charge on any atom is 0.198 e. The topological polar surface area (TPSA) is 0 Å². The van der Waals surface area contributed by atoms with Crippen LogP contribution in [0.3, 0.4) is 0 Å². The van der Waals surface area contributed by atoms with Gasteiger partial charge in [0.1, 0.15) is 0 Å². The molecule has 7 heteroatoms. The van der Waals surface area contributed by atoms with Crippen LogP contribution in [0.1, 0.15) is 11.1 Å². The van der Waals surface area contributed by atoms with Gasteiger partial charge >= 0.3 is 0 Å². The van der Waals surface area contributed by atoms with Crippen molar-refractivity contribution in [2.75, 3.05) is 0 Å². The number of rotatable bonds is 0. The molecule has 2 aromatic rings. The lowest BCUT2D eigenvalue weighted by molar-refractivity contribution is 0.418. The van der Waals surface area contributed by atoms with Crippen molar-refractivity contribution in [1.82, 2.24) is 0 Å². The van der Waals surface area contributed by atoms with Crippen LogP contribution in [0.5, 0.6) is 0 Å². The maximum absolute atomic E-state index is 13.6. The Morgan fingerprint density at radius 2 is 1.25 bits per heavy atom. The van der Waals surface area contributed by atoms with Gasteiger partial charge in [0, 0.05) is 16.3 Å². The van der Waals surface area contributed by atoms with Crippen LogP contribution in [0.4, 0.5) is 26.3 Å². The third-order valence-electron chi connectivity index (χ3n) is 2.91. The zero-order valence-corrected chi connectivity index (χ0v) is 11.5. The molecule has 1 heterocycles. The quantitative estimate of drug-likeness (QED) is 0.250. The van der Waals surface area contributed by atoms with E-state index in [1.54, 1.807) is 0 Å². The van der Waals surface area contributed by atoms with Crippen LogP contribution in [0.15, 0.2) is 16.0 Å². The molecule has 0 N–H and O–H groups in total. The molecule has 1 aliphatic rings. The molecule has 20 heavy (non-hydrogen) atoms. The molecule has 0 aliphatic carbocycles. The lowest BCUT2D eigenvalue weighted by Crippen LogP contribution is -2.01. The van der Waals surface area contributed by atoms with Crippen LogP contribution in [0.25, 0.3) is 16.6 Å². The predicted octanol–water partition coefficient (Wildman–Crippen LogP) is 5.10. The molecule has 0 aromatic heterocycles. The minimum absolute atomic E-state index is 0.147. The molecule has 0 spiro atoms. The third-order valence-corrected chi connectivity index (χ3v) is 4.91. The summed E-state index contributed by atoms with van der Waals surface area (Å²) in [5, 5.41) is -1.13. The minimum Gasteiger partial charge on any atom is -0.203 e.